The number of amides is 1. The molecule has 2 N–H and O–H groups in total. The molecule has 3 heteroatoms. The molecule has 0 aliphatic carbocycles. The van der Waals surface area contributed by atoms with E-state index in [1.165, 1.54) is 0 Å². The van der Waals surface area contributed by atoms with Crippen LogP contribution in [0.4, 0.5) is 11.4 Å². The molecule has 84 valence electrons. The Balaban J connectivity index is 2.47. The minimum Gasteiger partial charge on any atom is -0.399 e. The summed E-state index contributed by atoms with van der Waals surface area (Å²) in [5.41, 5.74) is 8.62. The van der Waals surface area contributed by atoms with Crippen LogP contribution in [0.5, 0.6) is 0 Å². The predicted octanol–water partition coefficient (Wildman–Crippen LogP) is 1.98. The number of hydrogen-bond acceptors (Lipinski definition) is 2. The number of rotatable bonds is 2. The maximum absolute atomic E-state index is 12.0. The van der Waals surface area contributed by atoms with E-state index in [0.29, 0.717) is 6.54 Å². The highest BCUT2D eigenvalue weighted by atomic mass is 16.2. The minimum atomic E-state index is 0.0225. The highest BCUT2D eigenvalue weighted by molar-refractivity contribution is 5.98. The molecule has 1 atom stereocenters. The Morgan fingerprint density at radius 2 is 2.38 bits per heavy atom. The van der Waals surface area contributed by atoms with E-state index in [1.54, 1.807) is 11.0 Å². The molecule has 0 spiro atoms. The molecule has 2 rings (SSSR count). The molecule has 0 saturated carbocycles. The lowest BCUT2D eigenvalue weighted by Crippen LogP contribution is -2.40. The second-order valence-corrected chi connectivity index (χ2v) is 4.23. The number of nitrogens with two attached hydrogens (primary N) is 1. The number of nitrogen functional groups attached to an aromatic ring is 1. The van der Waals surface area contributed by atoms with Crippen molar-refractivity contribution in [3.05, 3.63) is 36.4 Å². The van der Waals surface area contributed by atoms with Crippen LogP contribution in [-0.2, 0) is 11.2 Å². The van der Waals surface area contributed by atoms with Crippen LogP contribution in [0, 0.1) is 5.92 Å². The summed E-state index contributed by atoms with van der Waals surface area (Å²) in [7, 11) is 0. The average Bonchev–Trinajstić information content (AvgIpc) is 2.24. The van der Waals surface area contributed by atoms with Gasteiger partial charge in [0.1, 0.15) is 0 Å². The van der Waals surface area contributed by atoms with E-state index in [0.717, 1.165) is 23.4 Å². The molecule has 0 bridgehead atoms. The molecule has 0 fully saturated rings. The Hall–Kier alpha value is -1.77. The van der Waals surface area contributed by atoms with Crippen LogP contribution >= 0.6 is 0 Å². The van der Waals surface area contributed by atoms with Gasteiger partial charge in [0.2, 0.25) is 5.91 Å². The lowest BCUT2D eigenvalue weighted by atomic mass is 9.92. The summed E-state index contributed by atoms with van der Waals surface area (Å²) >= 11 is 0. The average molecular weight is 216 g/mol. The highest BCUT2D eigenvalue weighted by Crippen LogP contribution is 2.31. The van der Waals surface area contributed by atoms with Crippen molar-refractivity contribution in [2.75, 3.05) is 17.2 Å². The topological polar surface area (TPSA) is 46.3 Å². The summed E-state index contributed by atoms with van der Waals surface area (Å²) in [6.45, 7) is 6.19. The first-order valence-corrected chi connectivity index (χ1v) is 5.44. The van der Waals surface area contributed by atoms with Gasteiger partial charge >= 0.3 is 0 Å². The molecule has 16 heavy (non-hydrogen) atoms. The van der Waals surface area contributed by atoms with E-state index in [-0.39, 0.29) is 11.8 Å². The van der Waals surface area contributed by atoms with Gasteiger partial charge in [-0.15, -0.1) is 6.58 Å². The molecule has 1 aromatic rings. The van der Waals surface area contributed by atoms with Crippen molar-refractivity contribution in [2.24, 2.45) is 5.92 Å². The maximum Gasteiger partial charge on any atom is 0.230 e. The van der Waals surface area contributed by atoms with Crippen molar-refractivity contribution >= 4 is 17.3 Å². The number of carbonyl (C=O) groups is 1. The molecule has 3 nitrogen and oxygen atoms in total. The van der Waals surface area contributed by atoms with E-state index in [9.17, 15) is 4.79 Å². The van der Waals surface area contributed by atoms with Gasteiger partial charge in [0.05, 0.1) is 0 Å². The summed E-state index contributed by atoms with van der Waals surface area (Å²) in [5, 5.41) is 0. The first-order chi connectivity index (χ1) is 7.63. The van der Waals surface area contributed by atoms with Gasteiger partial charge in [0.25, 0.3) is 0 Å². The zero-order chi connectivity index (χ0) is 11.7. The Labute approximate surface area is 95.6 Å². The second kappa shape index (κ2) is 4.00. The fourth-order valence-corrected chi connectivity index (χ4v) is 2.15. The molecule has 1 aliphatic rings. The van der Waals surface area contributed by atoms with Crippen LogP contribution in [0.2, 0.25) is 0 Å². The Morgan fingerprint density at radius 1 is 1.62 bits per heavy atom. The van der Waals surface area contributed by atoms with Gasteiger partial charge in [0.15, 0.2) is 0 Å². The monoisotopic (exact) mass is 216 g/mol. The van der Waals surface area contributed by atoms with Crippen molar-refractivity contribution in [2.45, 2.75) is 13.3 Å². The number of benzene rings is 1. The summed E-state index contributed by atoms with van der Waals surface area (Å²) in [6.07, 6.45) is 2.52. The molecule has 1 amide bonds. The Bertz CT molecular complexity index is 440. The van der Waals surface area contributed by atoms with E-state index < -0.39 is 0 Å². The SMILES string of the molecule is C=CCN1C(=O)C(C)Cc2cc(N)ccc21. The Morgan fingerprint density at radius 3 is 3.06 bits per heavy atom. The van der Waals surface area contributed by atoms with Crippen molar-refractivity contribution in [3.8, 4) is 0 Å². The Kier molecular flexibility index (Phi) is 2.69. The van der Waals surface area contributed by atoms with Gasteiger partial charge in [-0.2, -0.15) is 0 Å². The molecular weight excluding hydrogens is 200 g/mol. The molecular formula is C13H16N2O. The highest BCUT2D eigenvalue weighted by Gasteiger charge is 2.28. The van der Waals surface area contributed by atoms with Crippen molar-refractivity contribution < 1.29 is 4.79 Å². The molecule has 0 radical (unpaired) electrons. The lowest BCUT2D eigenvalue weighted by Gasteiger charge is -2.32. The number of fused-ring (bicyclic) bond motifs is 1. The van der Waals surface area contributed by atoms with Crippen molar-refractivity contribution in [1.29, 1.82) is 0 Å². The molecule has 1 aliphatic heterocycles. The molecule has 0 saturated heterocycles. The number of anilines is 2. The van der Waals surface area contributed by atoms with E-state index in [2.05, 4.69) is 6.58 Å². The van der Waals surface area contributed by atoms with E-state index >= 15 is 0 Å². The second-order valence-electron chi connectivity index (χ2n) is 4.23. The van der Waals surface area contributed by atoms with Gasteiger partial charge in [-0.3, -0.25) is 4.79 Å². The predicted molar refractivity (Wildman–Crippen MR) is 66.3 cm³/mol. The van der Waals surface area contributed by atoms with Crippen LogP contribution in [-0.4, -0.2) is 12.5 Å². The first-order valence-electron chi connectivity index (χ1n) is 5.44. The third-order valence-electron chi connectivity index (χ3n) is 2.92. The quantitative estimate of drug-likeness (QED) is 0.607. The van der Waals surface area contributed by atoms with Crippen LogP contribution in [0.3, 0.4) is 0 Å². The summed E-state index contributed by atoms with van der Waals surface area (Å²) in [6, 6.07) is 5.70. The van der Waals surface area contributed by atoms with Crippen LogP contribution in [0.25, 0.3) is 0 Å². The van der Waals surface area contributed by atoms with Crippen molar-refractivity contribution in [3.63, 3.8) is 0 Å². The fraction of sp³-hybridized carbons (Fsp3) is 0.308. The van der Waals surface area contributed by atoms with Crippen LogP contribution < -0.4 is 10.6 Å². The zero-order valence-electron chi connectivity index (χ0n) is 9.44. The molecule has 1 aromatic carbocycles. The van der Waals surface area contributed by atoms with Gasteiger partial charge in [-0.05, 0) is 30.2 Å². The van der Waals surface area contributed by atoms with Gasteiger partial charge in [-0.25, -0.2) is 0 Å². The maximum atomic E-state index is 12.0. The van der Waals surface area contributed by atoms with Gasteiger partial charge < -0.3 is 10.6 Å². The zero-order valence-corrected chi connectivity index (χ0v) is 9.44. The van der Waals surface area contributed by atoms with Crippen molar-refractivity contribution in [1.82, 2.24) is 0 Å². The number of nitrogens with zero attached hydrogens (tertiary/aromatic N) is 1. The first kappa shape index (κ1) is 10.7. The third-order valence-corrected chi connectivity index (χ3v) is 2.92. The van der Waals surface area contributed by atoms with Gasteiger partial charge in [0, 0.05) is 23.8 Å². The number of carbonyl (C=O) groups excluding carboxylic acids is 1. The van der Waals surface area contributed by atoms with E-state index in [4.69, 9.17) is 5.73 Å². The van der Waals surface area contributed by atoms with Crippen LogP contribution in [0.15, 0.2) is 30.9 Å². The van der Waals surface area contributed by atoms with E-state index in [1.807, 2.05) is 25.1 Å². The number of hydrogen-bond donors (Lipinski definition) is 1. The third kappa shape index (κ3) is 1.69. The summed E-state index contributed by atoms with van der Waals surface area (Å²) < 4.78 is 0. The normalized spacial score (nSPS) is 19.4. The molecule has 1 heterocycles. The molecule has 1 unspecified atom stereocenters. The van der Waals surface area contributed by atoms with Gasteiger partial charge in [-0.1, -0.05) is 13.0 Å². The minimum absolute atomic E-state index is 0.0225. The standard InChI is InChI=1S/C13H16N2O/c1-3-6-15-12-5-4-11(14)8-10(12)7-9(2)13(15)16/h3-5,8-9H,1,6-7,14H2,2H3. The lowest BCUT2D eigenvalue weighted by molar-refractivity contribution is -0.122. The van der Waals surface area contributed by atoms with Crippen LogP contribution in [0.1, 0.15) is 12.5 Å². The largest absolute Gasteiger partial charge is 0.399 e. The fourth-order valence-electron chi connectivity index (χ4n) is 2.15. The summed E-state index contributed by atoms with van der Waals surface area (Å²) in [5.74, 6) is 0.187. The summed E-state index contributed by atoms with van der Waals surface area (Å²) in [4.78, 5) is 13.8. The molecule has 0 aromatic heterocycles. The smallest absolute Gasteiger partial charge is 0.230 e.